The molecular weight excluding hydrogens is 511 g/mol. The molecule has 194 valence electrons. The first-order chi connectivity index (χ1) is 16.8. The predicted octanol–water partition coefficient (Wildman–Crippen LogP) is 3.26. The maximum absolute atomic E-state index is 13.5. The number of hydrogen-bond acceptors (Lipinski definition) is 7. The lowest BCUT2D eigenvalue weighted by Gasteiger charge is -2.24. The molecular formula is C24H27FN2O7S2. The molecule has 2 heterocycles. The number of sulfone groups is 1. The van der Waals surface area contributed by atoms with Gasteiger partial charge in [0.2, 0.25) is 10.0 Å². The van der Waals surface area contributed by atoms with Crippen LogP contribution < -0.4 is 9.62 Å². The summed E-state index contributed by atoms with van der Waals surface area (Å²) in [4.78, 5) is 12.9. The fourth-order valence-corrected chi connectivity index (χ4v) is 6.00. The summed E-state index contributed by atoms with van der Waals surface area (Å²) in [6.07, 6.45) is 1.02. The number of halogens is 1. The molecule has 1 aliphatic rings. The van der Waals surface area contributed by atoms with Crippen molar-refractivity contribution in [2.24, 2.45) is 0 Å². The van der Waals surface area contributed by atoms with Gasteiger partial charge in [-0.3, -0.25) is 9.10 Å². The number of ether oxygens (including phenoxy) is 1. The van der Waals surface area contributed by atoms with Crippen LogP contribution in [0.1, 0.15) is 35.4 Å². The minimum absolute atomic E-state index is 0.0783. The number of anilines is 1. The van der Waals surface area contributed by atoms with Crippen molar-refractivity contribution < 1.29 is 35.2 Å². The van der Waals surface area contributed by atoms with Gasteiger partial charge in [0.05, 0.1) is 42.0 Å². The second-order valence-corrected chi connectivity index (χ2v) is 13.1. The normalized spacial score (nSPS) is 18.6. The highest BCUT2D eigenvalue weighted by Gasteiger charge is 2.34. The number of nitrogens with one attached hydrogen (secondary N) is 1. The van der Waals surface area contributed by atoms with E-state index in [0.29, 0.717) is 22.2 Å². The van der Waals surface area contributed by atoms with E-state index in [1.165, 1.54) is 35.6 Å². The van der Waals surface area contributed by atoms with Crippen LogP contribution in [0.25, 0.3) is 22.3 Å². The topological polar surface area (TPSA) is 123 Å². The van der Waals surface area contributed by atoms with E-state index in [1.807, 2.05) is 0 Å². The van der Waals surface area contributed by atoms with Crippen LogP contribution in [0.4, 0.5) is 10.1 Å². The van der Waals surface area contributed by atoms with Crippen LogP contribution in [0.15, 0.2) is 40.8 Å². The molecule has 0 fully saturated rings. The van der Waals surface area contributed by atoms with E-state index in [2.05, 4.69) is 5.32 Å². The molecule has 1 amide bonds. The Balaban J connectivity index is 1.91. The van der Waals surface area contributed by atoms with E-state index < -0.39 is 43.8 Å². The zero-order valence-electron chi connectivity index (χ0n) is 20.2. The van der Waals surface area contributed by atoms with Gasteiger partial charge >= 0.3 is 0 Å². The molecule has 0 saturated carbocycles. The number of sulfonamides is 1. The number of amides is 1. The molecule has 4 rings (SSSR count). The average molecular weight is 539 g/mol. The minimum Gasteiger partial charge on any atom is -0.455 e. The largest absolute Gasteiger partial charge is 0.455 e. The summed E-state index contributed by atoms with van der Waals surface area (Å²) >= 11 is 0. The molecule has 36 heavy (non-hydrogen) atoms. The molecule has 0 bridgehead atoms. The fourth-order valence-electron chi connectivity index (χ4n) is 4.35. The third kappa shape index (κ3) is 5.25. The zero-order valence-corrected chi connectivity index (χ0v) is 21.9. The lowest BCUT2D eigenvalue weighted by atomic mass is 10.0. The average Bonchev–Trinajstić information content (AvgIpc) is 3.09. The van der Waals surface area contributed by atoms with E-state index in [1.54, 1.807) is 19.1 Å². The van der Waals surface area contributed by atoms with Gasteiger partial charge in [0.25, 0.3) is 5.91 Å². The third-order valence-electron chi connectivity index (χ3n) is 6.08. The molecule has 9 nitrogen and oxygen atoms in total. The number of fused-ring (bicyclic) bond motifs is 2. The van der Waals surface area contributed by atoms with E-state index in [-0.39, 0.29) is 35.6 Å². The summed E-state index contributed by atoms with van der Waals surface area (Å²) in [6, 6.07) is 8.70. The Morgan fingerprint density at radius 1 is 1.14 bits per heavy atom. The molecule has 2 aromatic carbocycles. The van der Waals surface area contributed by atoms with Crippen LogP contribution in [0.3, 0.4) is 0 Å². The quantitative estimate of drug-likeness (QED) is 0.511. The molecule has 0 saturated heterocycles. The van der Waals surface area contributed by atoms with Gasteiger partial charge in [-0.25, -0.2) is 21.2 Å². The van der Waals surface area contributed by atoms with Crippen molar-refractivity contribution in [2.75, 3.05) is 36.2 Å². The molecule has 2 atom stereocenters. The van der Waals surface area contributed by atoms with Gasteiger partial charge in [0, 0.05) is 35.9 Å². The van der Waals surface area contributed by atoms with Gasteiger partial charge in [0.1, 0.15) is 27.0 Å². The summed E-state index contributed by atoms with van der Waals surface area (Å²) in [5.41, 5.74) is 1.79. The Hall–Kier alpha value is -2.96. The highest BCUT2D eigenvalue weighted by atomic mass is 32.2. The van der Waals surface area contributed by atoms with E-state index >= 15 is 0 Å². The highest BCUT2D eigenvalue weighted by Crippen LogP contribution is 2.42. The van der Waals surface area contributed by atoms with Crippen molar-refractivity contribution in [2.45, 2.75) is 25.6 Å². The Bertz CT molecular complexity index is 1530. The summed E-state index contributed by atoms with van der Waals surface area (Å²) in [7, 11) is -5.59. The van der Waals surface area contributed by atoms with Crippen LogP contribution in [0, 0.1) is 5.82 Å². The number of furan rings is 1. The molecule has 0 spiro atoms. The van der Waals surface area contributed by atoms with Crippen molar-refractivity contribution in [3.8, 4) is 11.3 Å². The first-order valence-corrected chi connectivity index (χ1v) is 15.1. The van der Waals surface area contributed by atoms with Crippen molar-refractivity contribution in [3.63, 3.8) is 0 Å². The predicted molar refractivity (Wildman–Crippen MR) is 135 cm³/mol. The van der Waals surface area contributed by atoms with E-state index in [9.17, 15) is 26.0 Å². The Morgan fingerprint density at radius 3 is 2.39 bits per heavy atom. The van der Waals surface area contributed by atoms with Gasteiger partial charge in [-0.2, -0.15) is 0 Å². The fraction of sp³-hybridized carbons (Fsp3) is 0.375. The zero-order chi connectivity index (χ0) is 26.4. The molecule has 0 radical (unpaired) electrons. The summed E-state index contributed by atoms with van der Waals surface area (Å²) < 4.78 is 75.8. The lowest BCUT2D eigenvalue weighted by Crippen LogP contribution is -2.37. The number of nitrogens with zero attached hydrogens (tertiary/aromatic N) is 1. The van der Waals surface area contributed by atoms with Crippen LogP contribution >= 0.6 is 0 Å². The molecule has 1 aromatic heterocycles. The number of rotatable bonds is 6. The Labute approximate surface area is 209 Å². The first-order valence-electron chi connectivity index (χ1n) is 11.2. The summed E-state index contributed by atoms with van der Waals surface area (Å²) in [6.45, 7) is 1.66. The minimum atomic E-state index is -3.78. The first kappa shape index (κ1) is 26.1. The van der Waals surface area contributed by atoms with Gasteiger partial charge in [-0.1, -0.05) is 0 Å². The molecule has 12 heteroatoms. The van der Waals surface area contributed by atoms with E-state index in [0.717, 1.165) is 12.5 Å². The van der Waals surface area contributed by atoms with Crippen molar-refractivity contribution >= 4 is 42.4 Å². The molecule has 3 aromatic rings. The highest BCUT2D eigenvalue weighted by molar-refractivity contribution is 7.92. The number of hydrogen-bond donors (Lipinski definition) is 1. The summed E-state index contributed by atoms with van der Waals surface area (Å²) in [5.74, 6) is -0.804. The maximum atomic E-state index is 13.5. The van der Waals surface area contributed by atoms with Crippen molar-refractivity contribution in [3.05, 3.63) is 53.3 Å². The Kier molecular flexibility index (Phi) is 6.88. The summed E-state index contributed by atoms with van der Waals surface area (Å²) in [5, 5.41) is 3.02. The second-order valence-electron chi connectivity index (χ2n) is 8.91. The van der Waals surface area contributed by atoms with Crippen LogP contribution in [-0.4, -0.2) is 60.7 Å². The van der Waals surface area contributed by atoms with Crippen LogP contribution in [0.2, 0.25) is 0 Å². The van der Waals surface area contributed by atoms with Gasteiger partial charge in [0.15, 0.2) is 0 Å². The van der Waals surface area contributed by atoms with Crippen LogP contribution in [0.5, 0.6) is 0 Å². The lowest BCUT2D eigenvalue weighted by molar-refractivity contribution is 0.00536. The third-order valence-corrected chi connectivity index (χ3v) is 8.21. The molecule has 0 aliphatic carbocycles. The molecule has 1 aliphatic heterocycles. The second kappa shape index (κ2) is 9.49. The van der Waals surface area contributed by atoms with E-state index in [4.69, 9.17) is 9.15 Å². The number of carbonyl (C=O) groups excluding carboxylic acids is 1. The monoisotopic (exact) mass is 538 g/mol. The number of benzene rings is 2. The van der Waals surface area contributed by atoms with Crippen molar-refractivity contribution in [1.29, 1.82) is 0 Å². The van der Waals surface area contributed by atoms with Crippen LogP contribution in [-0.2, 0) is 24.6 Å². The SMILES string of the molecule is CNC(=O)c1c(-c2ccc(F)cc2)oc2cc3c(cc12)[C@H](C)O[C@H](CCS(C)(=O)=O)CN3S(C)(=O)=O. The van der Waals surface area contributed by atoms with Gasteiger partial charge < -0.3 is 14.5 Å². The van der Waals surface area contributed by atoms with Crippen molar-refractivity contribution in [1.82, 2.24) is 5.32 Å². The number of carbonyl (C=O) groups is 1. The smallest absolute Gasteiger partial charge is 0.255 e. The van der Waals surface area contributed by atoms with Gasteiger partial charge in [-0.15, -0.1) is 0 Å². The molecule has 1 N–H and O–H groups in total. The Morgan fingerprint density at radius 2 is 1.81 bits per heavy atom. The standard InChI is InChI=1S/C24H27FN2O7S2/c1-14-18-11-19-21(34-23(22(19)24(28)26-2)15-5-7-16(25)8-6-15)12-20(18)27(36(4,31)32)13-17(33-14)9-10-35(3,29)30/h5-8,11-12,14,17H,9-10,13H2,1-4H3,(H,26,28)/t14-,17+/m0/s1. The van der Waals surface area contributed by atoms with Gasteiger partial charge in [-0.05, 0) is 43.7 Å². The maximum Gasteiger partial charge on any atom is 0.255 e. The molecule has 0 unspecified atom stereocenters.